The Morgan fingerprint density at radius 1 is 1.00 bits per heavy atom. The second kappa shape index (κ2) is 10.0. The Labute approximate surface area is 120 Å². The molecule has 0 heterocycles. The van der Waals surface area contributed by atoms with E-state index in [2.05, 4.69) is 0 Å². The summed E-state index contributed by atoms with van der Waals surface area (Å²) in [5.41, 5.74) is 0. The minimum Gasteiger partial charge on any atom is -1.00 e. The van der Waals surface area contributed by atoms with Crippen LogP contribution >= 0.6 is 7.82 Å². The van der Waals surface area contributed by atoms with Gasteiger partial charge in [0.2, 0.25) is 0 Å². The van der Waals surface area contributed by atoms with E-state index in [-0.39, 0.29) is 95.7 Å². The van der Waals surface area contributed by atoms with E-state index in [0.717, 1.165) is 0 Å². The summed E-state index contributed by atoms with van der Waals surface area (Å²) in [5, 5.41) is 0. The summed E-state index contributed by atoms with van der Waals surface area (Å²) in [6, 6.07) is 0. The zero-order valence-corrected chi connectivity index (χ0v) is 11.7. The fourth-order valence-corrected chi connectivity index (χ4v) is 0. The summed E-state index contributed by atoms with van der Waals surface area (Å²) < 4.78 is 8.55. The third kappa shape index (κ3) is 64.0. The van der Waals surface area contributed by atoms with Crippen molar-refractivity contribution in [3.8, 4) is 0 Å². The first-order valence-corrected chi connectivity index (χ1v) is 2.19. The van der Waals surface area contributed by atoms with E-state index in [1.165, 1.54) is 0 Å². The maximum absolute atomic E-state index is 8.55. The zero-order chi connectivity index (χ0) is 4.50. The Hall–Kier alpha value is 3.00. The number of halogens is 1. The topological polar surface area (TPSA) is 86.2 Å². The van der Waals surface area contributed by atoms with E-state index in [0.29, 0.717) is 0 Å². The molecule has 0 rings (SSSR count). The average molecular weight is 289 g/mol. The molecule has 0 aromatic rings. The Kier molecular flexibility index (Phi) is 28.1. The predicted molar refractivity (Wildman–Crippen MR) is 19.1 cm³/mol. The molecule has 0 spiro atoms. The van der Waals surface area contributed by atoms with Crippen molar-refractivity contribution >= 4 is 98.8 Å². The standard InChI is InChI=1S/FH.H3O4P.2Sr/c;1-5(2,3)4;;/h1H;(H3,1,2,3,4);;/q;;2*+2/p-4. The molecule has 0 unspecified atom stereocenters. The molecule has 0 aromatic carbocycles. The molecule has 4 nitrogen and oxygen atoms in total. The van der Waals surface area contributed by atoms with Crippen LogP contribution in [0.1, 0.15) is 0 Å². The molecule has 0 amide bonds. The van der Waals surface area contributed by atoms with Crippen molar-refractivity contribution in [1.29, 1.82) is 0 Å². The zero-order valence-electron chi connectivity index (χ0n) is 3.87. The Balaban J connectivity index is -0.0000000267. The fourth-order valence-electron chi connectivity index (χ4n) is 0. The largest absolute Gasteiger partial charge is 2.00 e. The second-order valence-electron chi connectivity index (χ2n) is 0.447. The predicted octanol–water partition coefficient (Wildman–Crippen LogP) is -6.58. The van der Waals surface area contributed by atoms with Gasteiger partial charge in [0, 0.05) is 0 Å². The summed E-state index contributed by atoms with van der Waals surface area (Å²) in [4.78, 5) is 25.6. The Morgan fingerprint density at radius 2 is 1.00 bits per heavy atom. The minimum atomic E-state index is -5.39. The fraction of sp³-hybridized carbons (Fsp3) is 0. The molecule has 0 aromatic heterocycles. The summed E-state index contributed by atoms with van der Waals surface area (Å²) in [6.45, 7) is 0. The van der Waals surface area contributed by atoms with Crippen molar-refractivity contribution in [2.45, 2.75) is 0 Å². The molecule has 0 saturated heterocycles. The number of phosphoric acid groups is 1. The first kappa shape index (κ1) is 22.4. The van der Waals surface area contributed by atoms with E-state index in [1.54, 1.807) is 0 Å². The Bertz CT molecular complexity index is 60.2. The molecule has 0 N–H and O–H groups in total. The molecule has 0 fully saturated rings. The maximum atomic E-state index is 8.55. The van der Waals surface area contributed by atoms with Gasteiger partial charge in [0.05, 0.1) is 0 Å². The molecule has 0 aliphatic heterocycles. The molecular formula is FO4PSr2. The SMILES string of the molecule is O=P([O-])([O-])[O-].[F-].[Sr+2].[Sr+2]. The van der Waals surface area contributed by atoms with Gasteiger partial charge in [0.1, 0.15) is 0 Å². The van der Waals surface area contributed by atoms with Gasteiger partial charge in [0.15, 0.2) is 0 Å². The van der Waals surface area contributed by atoms with Gasteiger partial charge in [-0.1, -0.05) is 0 Å². The molecular weight excluding hydrogens is 289 g/mol. The summed E-state index contributed by atoms with van der Waals surface area (Å²) in [5.74, 6) is 0. The minimum absolute atomic E-state index is 0. The van der Waals surface area contributed by atoms with Crippen LogP contribution < -0.4 is 19.4 Å². The molecule has 0 radical (unpaired) electrons. The van der Waals surface area contributed by atoms with Gasteiger partial charge in [-0.2, -0.15) is 7.82 Å². The van der Waals surface area contributed by atoms with Crippen molar-refractivity contribution < 1.29 is 23.9 Å². The molecule has 0 aliphatic rings. The van der Waals surface area contributed by atoms with Crippen LogP contribution in [0.4, 0.5) is 0 Å². The van der Waals surface area contributed by atoms with Crippen LogP contribution in [0.15, 0.2) is 0 Å². The van der Waals surface area contributed by atoms with Crippen LogP contribution in [0, 0.1) is 0 Å². The summed E-state index contributed by atoms with van der Waals surface area (Å²) >= 11 is 0. The van der Waals surface area contributed by atoms with Crippen molar-refractivity contribution in [2.24, 2.45) is 0 Å². The third-order valence-electron chi connectivity index (χ3n) is 0. The number of hydrogen-bond acceptors (Lipinski definition) is 4. The van der Waals surface area contributed by atoms with E-state index in [1.807, 2.05) is 0 Å². The first-order chi connectivity index (χ1) is 2.00. The van der Waals surface area contributed by atoms with Crippen LogP contribution in [0.2, 0.25) is 0 Å². The Morgan fingerprint density at radius 3 is 1.00 bits per heavy atom. The van der Waals surface area contributed by atoms with Gasteiger partial charge in [0.25, 0.3) is 0 Å². The molecule has 0 aliphatic carbocycles. The normalized spacial score (nSPS) is 7.38. The van der Waals surface area contributed by atoms with Crippen LogP contribution in [-0.2, 0) is 4.57 Å². The monoisotopic (exact) mass is 290 g/mol. The van der Waals surface area contributed by atoms with E-state index in [9.17, 15) is 0 Å². The van der Waals surface area contributed by atoms with Crippen LogP contribution in [0.5, 0.6) is 0 Å². The van der Waals surface area contributed by atoms with Gasteiger partial charge in [-0.05, 0) is 0 Å². The average Bonchev–Trinajstić information content (AvgIpc) is 0.722. The quantitative estimate of drug-likeness (QED) is 0.328. The van der Waals surface area contributed by atoms with Gasteiger partial charge in [-0.3, -0.25) is 0 Å². The molecule has 8 heavy (non-hydrogen) atoms. The van der Waals surface area contributed by atoms with Crippen molar-refractivity contribution in [3.05, 3.63) is 0 Å². The third-order valence-corrected chi connectivity index (χ3v) is 0. The molecule has 0 bridgehead atoms. The van der Waals surface area contributed by atoms with Crippen LogP contribution in [0.25, 0.3) is 0 Å². The molecule has 8 heteroatoms. The summed E-state index contributed by atoms with van der Waals surface area (Å²) in [7, 11) is -5.39. The molecule has 0 saturated carbocycles. The van der Waals surface area contributed by atoms with E-state index < -0.39 is 7.82 Å². The van der Waals surface area contributed by atoms with Crippen molar-refractivity contribution in [1.82, 2.24) is 0 Å². The van der Waals surface area contributed by atoms with Gasteiger partial charge >= 0.3 is 91.0 Å². The van der Waals surface area contributed by atoms with Gasteiger partial charge in [-0.15, -0.1) is 0 Å². The van der Waals surface area contributed by atoms with Gasteiger partial charge < -0.3 is 23.9 Å². The molecule has 40 valence electrons. The van der Waals surface area contributed by atoms with Crippen molar-refractivity contribution in [2.75, 3.05) is 0 Å². The van der Waals surface area contributed by atoms with Crippen LogP contribution in [-0.4, -0.2) is 91.0 Å². The summed E-state index contributed by atoms with van der Waals surface area (Å²) in [6.07, 6.45) is 0. The first-order valence-electron chi connectivity index (χ1n) is 0.730. The number of hydrogen-bond donors (Lipinski definition) is 0. The van der Waals surface area contributed by atoms with Crippen molar-refractivity contribution in [3.63, 3.8) is 0 Å². The van der Waals surface area contributed by atoms with Crippen LogP contribution in [0.3, 0.4) is 0 Å². The number of rotatable bonds is 0. The van der Waals surface area contributed by atoms with Gasteiger partial charge in [-0.25, -0.2) is 0 Å². The smallest absolute Gasteiger partial charge is 1.00 e. The second-order valence-corrected chi connectivity index (χ2v) is 1.34. The maximum Gasteiger partial charge on any atom is 2.00 e. The van der Waals surface area contributed by atoms with E-state index >= 15 is 0 Å². The molecule has 0 atom stereocenters. The van der Waals surface area contributed by atoms with E-state index in [4.69, 9.17) is 19.2 Å².